The number of urea groups is 1. The second kappa shape index (κ2) is 8.91. The maximum Gasteiger partial charge on any atom is 0.417 e. The lowest BCUT2D eigenvalue weighted by atomic mass is 9.78. The Bertz CT molecular complexity index is 815. The second-order valence-corrected chi connectivity index (χ2v) is 7.49. The summed E-state index contributed by atoms with van der Waals surface area (Å²) in [6.07, 6.45) is -3.62. The molecule has 1 aliphatic heterocycles. The Kier molecular flexibility index (Phi) is 7.01. The predicted molar refractivity (Wildman–Crippen MR) is 102 cm³/mol. The first-order valence-corrected chi connectivity index (χ1v) is 9.55. The van der Waals surface area contributed by atoms with Gasteiger partial charge < -0.3 is 15.5 Å². The zero-order chi connectivity index (χ0) is 21.8. The van der Waals surface area contributed by atoms with Crippen LogP contribution in [0.25, 0.3) is 0 Å². The van der Waals surface area contributed by atoms with Crippen molar-refractivity contribution < 1.29 is 22.8 Å². The van der Waals surface area contributed by atoms with E-state index in [1.165, 1.54) is 11.0 Å². The zero-order valence-corrected chi connectivity index (χ0v) is 16.8. The molecule has 0 aliphatic carbocycles. The molecule has 1 aromatic rings. The third kappa shape index (κ3) is 5.32. The summed E-state index contributed by atoms with van der Waals surface area (Å²) < 4.78 is 38.9. The summed E-state index contributed by atoms with van der Waals surface area (Å²) in [7, 11) is 0. The molecule has 29 heavy (non-hydrogen) atoms. The molecule has 6 nitrogen and oxygen atoms in total. The van der Waals surface area contributed by atoms with Gasteiger partial charge in [-0.05, 0) is 44.4 Å². The SMILES string of the molecule is CC[C@@H](C)NC(=O)C1(C#N)CCN(C(=O)Nc2ccc(Cl)c(C(F)(F)F)c2)CC1. The third-order valence-electron chi connectivity index (χ3n) is 5.07. The highest BCUT2D eigenvalue weighted by Gasteiger charge is 2.43. The van der Waals surface area contributed by atoms with E-state index in [9.17, 15) is 28.0 Å². The highest BCUT2D eigenvalue weighted by molar-refractivity contribution is 6.31. The number of carbonyl (C=O) groups excluding carboxylic acids is 2. The van der Waals surface area contributed by atoms with Crippen molar-refractivity contribution in [2.45, 2.75) is 45.3 Å². The number of amides is 3. The van der Waals surface area contributed by atoms with E-state index in [-0.39, 0.29) is 43.6 Å². The summed E-state index contributed by atoms with van der Waals surface area (Å²) in [5.41, 5.74) is -2.30. The number of nitrogens with one attached hydrogen (secondary N) is 2. The highest BCUT2D eigenvalue weighted by atomic mass is 35.5. The maximum absolute atomic E-state index is 13.0. The lowest BCUT2D eigenvalue weighted by Crippen LogP contribution is -2.51. The van der Waals surface area contributed by atoms with E-state index >= 15 is 0 Å². The summed E-state index contributed by atoms with van der Waals surface area (Å²) in [6, 6.07) is 4.51. The average molecular weight is 431 g/mol. The number of likely N-dealkylation sites (tertiary alicyclic amines) is 1. The Hall–Kier alpha value is -2.47. The van der Waals surface area contributed by atoms with E-state index in [1.54, 1.807) is 0 Å². The first-order valence-electron chi connectivity index (χ1n) is 9.17. The normalized spacial score (nSPS) is 17.2. The van der Waals surface area contributed by atoms with Gasteiger partial charge in [0.05, 0.1) is 16.7 Å². The molecular formula is C19H22ClF3N4O2. The van der Waals surface area contributed by atoms with Crippen LogP contribution in [-0.2, 0) is 11.0 Å². The minimum Gasteiger partial charge on any atom is -0.352 e. The van der Waals surface area contributed by atoms with Crippen LogP contribution in [0.1, 0.15) is 38.7 Å². The summed E-state index contributed by atoms with van der Waals surface area (Å²) in [4.78, 5) is 26.3. The Morgan fingerprint density at radius 2 is 1.97 bits per heavy atom. The van der Waals surface area contributed by atoms with Crippen molar-refractivity contribution in [1.82, 2.24) is 10.2 Å². The van der Waals surface area contributed by atoms with Gasteiger partial charge in [-0.3, -0.25) is 4.79 Å². The number of rotatable bonds is 4. The van der Waals surface area contributed by atoms with Gasteiger partial charge in [0.2, 0.25) is 5.91 Å². The number of anilines is 1. The molecule has 1 aliphatic rings. The molecule has 0 radical (unpaired) electrons. The Labute approximate surface area is 172 Å². The first kappa shape index (κ1) is 22.8. The predicted octanol–water partition coefficient (Wildman–Crippen LogP) is 4.41. The standard InChI is InChI=1S/C19H22ClF3N4O2/c1-3-12(2)25-16(28)18(11-24)6-8-27(9-7-18)17(29)26-13-4-5-15(20)14(10-13)19(21,22)23/h4-5,10,12H,3,6-9H2,1-2H3,(H,25,28)(H,26,29)/t12-/m1/s1. The molecule has 10 heteroatoms. The zero-order valence-electron chi connectivity index (χ0n) is 16.1. The van der Waals surface area contributed by atoms with Gasteiger partial charge in [-0.2, -0.15) is 18.4 Å². The molecule has 0 unspecified atom stereocenters. The van der Waals surface area contributed by atoms with Gasteiger partial charge in [0, 0.05) is 24.8 Å². The molecule has 2 rings (SSSR count). The van der Waals surface area contributed by atoms with Gasteiger partial charge in [0.15, 0.2) is 0 Å². The molecule has 1 fully saturated rings. The fourth-order valence-electron chi connectivity index (χ4n) is 2.97. The van der Waals surface area contributed by atoms with E-state index in [1.807, 2.05) is 13.8 Å². The monoisotopic (exact) mass is 430 g/mol. The maximum atomic E-state index is 13.0. The van der Waals surface area contributed by atoms with Crippen LogP contribution in [-0.4, -0.2) is 36.0 Å². The molecule has 3 amide bonds. The topological polar surface area (TPSA) is 85.2 Å². The summed E-state index contributed by atoms with van der Waals surface area (Å²) in [5, 5.41) is 14.3. The van der Waals surface area contributed by atoms with Crippen LogP contribution >= 0.6 is 11.6 Å². The van der Waals surface area contributed by atoms with E-state index < -0.39 is 28.2 Å². The van der Waals surface area contributed by atoms with Crippen molar-refractivity contribution in [3.05, 3.63) is 28.8 Å². The van der Waals surface area contributed by atoms with Crippen LogP contribution < -0.4 is 10.6 Å². The van der Waals surface area contributed by atoms with Crippen molar-refractivity contribution in [2.75, 3.05) is 18.4 Å². The number of carbonyl (C=O) groups is 2. The lowest BCUT2D eigenvalue weighted by Gasteiger charge is -2.36. The smallest absolute Gasteiger partial charge is 0.352 e. The quantitative estimate of drug-likeness (QED) is 0.741. The lowest BCUT2D eigenvalue weighted by molar-refractivity contribution is -0.137. The molecule has 1 aromatic carbocycles. The van der Waals surface area contributed by atoms with Crippen molar-refractivity contribution in [3.63, 3.8) is 0 Å². The molecule has 158 valence electrons. The van der Waals surface area contributed by atoms with Crippen molar-refractivity contribution in [2.24, 2.45) is 5.41 Å². The second-order valence-electron chi connectivity index (χ2n) is 7.09. The third-order valence-corrected chi connectivity index (χ3v) is 5.40. The number of benzene rings is 1. The number of hydrogen-bond acceptors (Lipinski definition) is 3. The molecule has 0 saturated carbocycles. The number of piperidine rings is 1. The van der Waals surface area contributed by atoms with Gasteiger partial charge in [-0.15, -0.1) is 0 Å². The van der Waals surface area contributed by atoms with Gasteiger partial charge in [-0.1, -0.05) is 18.5 Å². The Morgan fingerprint density at radius 1 is 1.34 bits per heavy atom. The molecule has 0 aromatic heterocycles. The van der Waals surface area contributed by atoms with Crippen molar-refractivity contribution >= 4 is 29.2 Å². The van der Waals surface area contributed by atoms with Crippen LogP contribution in [0.4, 0.5) is 23.7 Å². The van der Waals surface area contributed by atoms with Gasteiger partial charge >= 0.3 is 12.2 Å². The molecule has 0 spiro atoms. The summed E-state index contributed by atoms with van der Waals surface area (Å²) in [6.45, 7) is 4.02. The minimum atomic E-state index is -4.64. The van der Waals surface area contributed by atoms with E-state index in [4.69, 9.17) is 11.6 Å². The first-order chi connectivity index (χ1) is 13.5. The molecular weight excluding hydrogens is 409 g/mol. The van der Waals surface area contributed by atoms with E-state index in [0.717, 1.165) is 18.6 Å². The summed E-state index contributed by atoms with van der Waals surface area (Å²) >= 11 is 5.58. The molecule has 0 bridgehead atoms. The van der Waals surface area contributed by atoms with Crippen LogP contribution in [0.5, 0.6) is 0 Å². The van der Waals surface area contributed by atoms with Crippen molar-refractivity contribution in [1.29, 1.82) is 5.26 Å². The van der Waals surface area contributed by atoms with Gasteiger partial charge in [0.25, 0.3) is 0 Å². The average Bonchev–Trinajstić information content (AvgIpc) is 2.68. The summed E-state index contributed by atoms with van der Waals surface area (Å²) in [5.74, 6) is -0.359. The fraction of sp³-hybridized carbons (Fsp3) is 0.526. The Morgan fingerprint density at radius 3 is 2.48 bits per heavy atom. The number of hydrogen-bond donors (Lipinski definition) is 2. The van der Waals surface area contributed by atoms with E-state index in [2.05, 4.69) is 16.7 Å². The van der Waals surface area contributed by atoms with Crippen LogP contribution in [0.2, 0.25) is 5.02 Å². The Balaban J connectivity index is 2.03. The molecule has 2 N–H and O–H groups in total. The fourth-order valence-corrected chi connectivity index (χ4v) is 3.19. The number of nitrogens with zero attached hydrogens (tertiary/aromatic N) is 2. The van der Waals surface area contributed by atoms with Crippen LogP contribution in [0.15, 0.2) is 18.2 Å². The number of alkyl halides is 3. The minimum absolute atomic E-state index is 0.0432. The number of halogens is 4. The number of nitriles is 1. The van der Waals surface area contributed by atoms with Crippen molar-refractivity contribution in [3.8, 4) is 6.07 Å². The highest BCUT2D eigenvalue weighted by Crippen LogP contribution is 2.36. The van der Waals surface area contributed by atoms with Gasteiger partial charge in [0.1, 0.15) is 5.41 Å². The van der Waals surface area contributed by atoms with Crippen LogP contribution in [0, 0.1) is 16.7 Å². The molecule has 1 saturated heterocycles. The largest absolute Gasteiger partial charge is 0.417 e. The molecule has 1 heterocycles. The molecule has 1 atom stereocenters. The van der Waals surface area contributed by atoms with E-state index in [0.29, 0.717) is 0 Å². The van der Waals surface area contributed by atoms with Gasteiger partial charge in [-0.25, -0.2) is 4.79 Å². The van der Waals surface area contributed by atoms with Crippen LogP contribution in [0.3, 0.4) is 0 Å².